The summed E-state index contributed by atoms with van der Waals surface area (Å²) in [5.41, 5.74) is 17.1. The Labute approximate surface area is 160 Å². The Morgan fingerprint density at radius 1 is 1.07 bits per heavy atom. The molecule has 3 rings (SSSR count). The van der Waals surface area contributed by atoms with E-state index in [1.807, 2.05) is 0 Å². The Bertz CT molecular complexity index is 905. The lowest BCUT2D eigenvalue weighted by atomic mass is 9.91. The zero-order valence-electron chi connectivity index (χ0n) is 15.1. The zero-order valence-corrected chi connectivity index (χ0v) is 15.1. The summed E-state index contributed by atoms with van der Waals surface area (Å²) >= 11 is 0. The number of primary amides is 2. The Morgan fingerprint density at radius 2 is 1.82 bits per heavy atom. The van der Waals surface area contributed by atoms with E-state index in [4.69, 9.17) is 17.2 Å². The summed E-state index contributed by atoms with van der Waals surface area (Å²) in [4.78, 5) is 31.2. The van der Waals surface area contributed by atoms with Crippen LogP contribution < -0.4 is 27.8 Å². The molecule has 1 fully saturated rings. The minimum absolute atomic E-state index is 0.0317. The molecule has 2 amide bonds. The van der Waals surface area contributed by atoms with Gasteiger partial charge >= 0.3 is 0 Å². The number of rotatable bonds is 6. The molecule has 1 aliphatic rings. The molecule has 2 aromatic heterocycles. The predicted molar refractivity (Wildman–Crippen MR) is 103 cm³/mol. The van der Waals surface area contributed by atoms with Gasteiger partial charge in [-0.1, -0.05) is 12.8 Å². The van der Waals surface area contributed by atoms with E-state index in [1.54, 1.807) is 0 Å². The van der Waals surface area contributed by atoms with Crippen molar-refractivity contribution in [3.8, 4) is 0 Å². The number of aromatic nitrogens is 2. The Balaban J connectivity index is 1.93. The van der Waals surface area contributed by atoms with Gasteiger partial charge in [-0.25, -0.2) is 9.37 Å². The lowest BCUT2D eigenvalue weighted by Crippen LogP contribution is -2.43. The molecule has 0 aromatic carbocycles. The first kappa shape index (κ1) is 19.5. The summed E-state index contributed by atoms with van der Waals surface area (Å²) in [5, 5.41) is 5.87. The maximum absolute atomic E-state index is 14.5. The van der Waals surface area contributed by atoms with Crippen LogP contribution in [0.2, 0.25) is 0 Å². The minimum Gasteiger partial charge on any atom is -0.366 e. The number of anilines is 3. The molecule has 9 nitrogen and oxygen atoms in total. The van der Waals surface area contributed by atoms with Gasteiger partial charge in [-0.05, 0) is 25.0 Å². The Kier molecular flexibility index (Phi) is 5.69. The van der Waals surface area contributed by atoms with Crippen molar-refractivity contribution in [3.63, 3.8) is 0 Å². The van der Waals surface area contributed by atoms with E-state index in [-0.39, 0.29) is 34.8 Å². The number of nitrogens with two attached hydrogens (primary N) is 3. The normalized spacial score (nSPS) is 19.1. The molecule has 2 atom stereocenters. The highest BCUT2D eigenvalue weighted by Crippen LogP contribution is 2.26. The Morgan fingerprint density at radius 3 is 2.50 bits per heavy atom. The standard InChI is InChI=1S/C18H22FN7O2/c19-12-6-11(16(22)28)17(24-10-5-9(15(21)27)7-23-8-10)26-18(12)25-14-4-2-1-3-13(14)20/h5-8,13-14H,1-4,20H2,(H2,21,27)(H2,22,28)(H2,24,25,26)/t13-,14+/m0/s1. The molecule has 0 radical (unpaired) electrons. The van der Waals surface area contributed by atoms with Gasteiger partial charge in [0.1, 0.15) is 5.82 Å². The molecular weight excluding hydrogens is 365 g/mol. The summed E-state index contributed by atoms with van der Waals surface area (Å²) < 4.78 is 14.5. The van der Waals surface area contributed by atoms with Crippen LogP contribution in [0.25, 0.3) is 0 Å². The number of carbonyl (C=O) groups excluding carboxylic acids is 2. The fourth-order valence-corrected chi connectivity index (χ4v) is 3.17. The number of carbonyl (C=O) groups is 2. The maximum atomic E-state index is 14.5. The van der Waals surface area contributed by atoms with E-state index in [9.17, 15) is 14.0 Å². The molecule has 0 saturated heterocycles. The van der Waals surface area contributed by atoms with Crippen LogP contribution in [-0.4, -0.2) is 33.9 Å². The van der Waals surface area contributed by atoms with Gasteiger partial charge in [0, 0.05) is 18.3 Å². The second kappa shape index (κ2) is 8.17. The third-order valence-corrected chi connectivity index (χ3v) is 4.67. The summed E-state index contributed by atoms with van der Waals surface area (Å²) in [6, 6.07) is 2.22. The molecule has 28 heavy (non-hydrogen) atoms. The van der Waals surface area contributed by atoms with Gasteiger partial charge in [-0.15, -0.1) is 0 Å². The highest BCUT2D eigenvalue weighted by atomic mass is 19.1. The monoisotopic (exact) mass is 387 g/mol. The number of amides is 2. The van der Waals surface area contributed by atoms with Crippen LogP contribution in [0.1, 0.15) is 46.4 Å². The number of pyridine rings is 2. The molecule has 0 unspecified atom stereocenters. The molecule has 0 spiro atoms. The summed E-state index contributed by atoms with van der Waals surface area (Å²) in [5.74, 6) is -2.22. The first-order chi connectivity index (χ1) is 13.3. The molecule has 10 heteroatoms. The van der Waals surface area contributed by atoms with E-state index >= 15 is 0 Å². The van der Waals surface area contributed by atoms with Crippen molar-refractivity contribution in [2.45, 2.75) is 37.8 Å². The lowest BCUT2D eigenvalue weighted by molar-refractivity contribution is 0.0991. The van der Waals surface area contributed by atoms with Gasteiger partial charge in [0.05, 0.1) is 23.0 Å². The van der Waals surface area contributed by atoms with E-state index in [0.29, 0.717) is 5.69 Å². The van der Waals surface area contributed by atoms with Gasteiger partial charge in [0.25, 0.3) is 5.91 Å². The highest BCUT2D eigenvalue weighted by molar-refractivity contribution is 5.99. The molecule has 1 aliphatic carbocycles. The molecular formula is C18H22FN7O2. The number of hydrogen-bond acceptors (Lipinski definition) is 7. The number of hydrogen-bond donors (Lipinski definition) is 5. The summed E-state index contributed by atoms with van der Waals surface area (Å²) in [6.45, 7) is 0. The fraction of sp³-hybridized carbons (Fsp3) is 0.333. The zero-order chi connectivity index (χ0) is 20.3. The average Bonchev–Trinajstić information content (AvgIpc) is 2.66. The van der Waals surface area contributed by atoms with Gasteiger partial charge in [-0.3, -0.25) is 14.6 Å². The van der Waals surface area contributed by atoms with Crippen LogP contribution in [0.5, 0.6) is 0 Å². The molecule has 148 valence electrons. The van der Waals surface area contributed by atoms with Crippen LogP contribution in [0.15, 0.2) is 24.5 Å². The minimum atomic E-state index is -0.853. The first-order valence-electron chi connectivity index (χ1n) is 8.89. The second-order valence-corrected chi connectivity index (χ2v) is 6.73. The SMILES string of the molecule is NC(=O)c1cncc(Nc2nc(N[C@@H]3CCCC[C@@H]3N)c(F)cc2C(N)=O)c1. The van der Waals surface area contributed by atoms with Crippen molar-refractivity contribution in [3.05, 3.63) is 41.5 Å². The van der Waals surface area contributed by atoms with E-state index in [1.165, 1.54) is 18.5 Å². The lowest BCUT2D eigenvalue weighted by Gasteiger charge is -2.30. The number of nitrogens with one attached hydrogen (secondary N) is 2. The van der Waals surface area contributed by atoms with E-state index < -0.39 is 17.6 Å². The smallest absolute Gasteiger partial charge is 0.252 e. The maximum Gasteiger partial charge on any atom is 0.252 e. The third-order valence-electron chi connectivity index (χ3n) is 4.67. The van der Waals surface area contributed by atoms with Crippen molar-refractivity contribution in [1.29, 1.82) is 0 Å². The highest BCUT2D eigenvalue weighted by Gasteiger charge is 2.24. The van der Waals surface area contributed by atoms with Gasteiger partial charge in [-0.2, -0.15) is 0 Å². The quantitative estimate of drug-likeness (QED) is 0.498. The summed E-state index contributed by atoms with van der Waals surface area (Å²) in [7, 11) is 0. The molecule has 2 heterocycles. The first-order valence-corrected chi connectivity index (χ1v) is 8.89. The molecule has 2 aromatic rings. The van der Waals surface area contributed by atoms with Gasteiger partial charge in [0.2, 0.25) is 5.91 Å². The van der Waals surface area contributed by atoms with E-state index in [0.717, 1.165) is 31.7 Å². The third kappa shape index (κ3) is 4.34. The van der Waals surface area contributed by atoms with E-state index in [2.05, 4.69) is 20.6 Å². The van der Waals surface area contributed by atoms with Gasteiger partial charge in [0.15, 0.2) is 11.6 Å². The van der Waals surface area contributed by atoms with Crippen molar-refractivity contribution in [2.75, 3.05) is 10.6 Å². The molecule has 0 aliphatic heterocycles. The van der Waals surface area contributed by atoms with Crippen LogP contribution in [0, 0.1) is 5.82 Å². The van der Waals surface area contributed by atoms with Crippen LogP contribution in [0.4, 0.5) is 21.7 Å². The fourth-order valence-electron chi connectivity index (χ4n) is 3.17. The molecule has 0 bridgehead atoms. The largest absolute Gasteiger partial charge is 0.366 e. The van der Waals surface area contributed by atoms with Crippen molar-refractivity contribution >= 4 is 29.1 Å². The van der Waals surface area contributed by atoms with Crippen molar-refractivity contribution in [2.24, 2.45) is 17.2 Å². The van der Waals surface area contributed by atoms with Crippen molar-refractivity contribution in [1.82, 2.24) is 9.97 Å². The van der Waals surface area contributed by atoms with Gasteiger partial charge < -0.3 is 27.8 Å². The van der Waals surface area contributed by atoms with Crippen LogP contribution >= 0.6 is 0 Å². The van der Waals surface area contributed by atoms with Crippen molar-refractivity contribution < 1.29 is 14.0 Å². The number of halogens is 1. The van der Waals surface area contributed by atoms with Crippen LogP contribution in [0.3, 0.4) is 0 Å². The number of nitrogens with zero attached hydrogens (tertiary/aromatic N) is 2. The topological polar surface area (TPSA) is 162 Å². The molecule has 1 saturated carbocycles. The average molecular weight is 387 g/mol. The molecule has 8 N–H and O–H groups in total. The predicted octanol–water partition coefficient (Wildman–Crippen LogP) is 1.24. The second-order valence-electron chi connectivity index (χ2n) is 6.73. The Hall–Kier alpha value is -3.27. The summed E-state index contributed by atoms with van der Waals surface area (Å²) in [6.07, 6.45) is 6.38. The van der Waals surface area contributed by atoms with Crippen LogP contribution in [-0.2, 0) is 0 Å².